The van der Waals surface area contributed by atoms with Crippen LogP contribution >= 0.6 is 0 Å². The topological polar surface area (TPSA) is 46.6 Å². The fourth-order valence-corrected chi connectivity index (χ4v) is 3.42. The average molecular weight is 404 g/mol. The van der Waals surface area contributed by atoms with Gasteiger partial charge in [-0.15, -0.1) is 0 Å². The van der Waals surface area contributed by atoms with Crippen molar-refractivity contribution in [2.75, 3.05) is 13.1 Å². The summed E-state index contributed by atoms with van der Waals surface area (Å²) in [4.78, 5) is 27.6. The van der Waals surface area contributed by atoms with Gasteiger partial charge in [0.2, 0.25) is 0 Å². The Hall–Kier alpha value is -3.14. The highest BCUT2D eigenvalue weighted by Gasteiger charge is 2.31. The second kappa shape index (κ2) is 8.70. The number of likely N-dealkylation sites (tertiary alicyclic amines) is 1. The van der Waals surface area contributed by atoms with E-state index in [0.29, 0.717) is 11.1 Å². The minimum absolute atomic E-state index is 0.0298. The predicted octanol–water partition coefficient (Wildman–Crippen LogP) is 5.59. The van der Waals surface area contributed by atoms with Crippen molar-refractivity contribution in [1.29, 1.82) is 0 Å². The molecule has 1 fully saturated rings. The van der Waals surface area contributed by atoms with Gasteiger partial charge >= 0.3 is 6.09 Å². The number of ether oxygens (including phenoxy) is 1. The number of rotatable bonds is 2. The number of ketones is 1. The Morgan fingerprint density at radius 2 is 1.37 bits per heavy atom. The van der Waals surface area contributed by atoms with Gasteiger partial charge in [-0.2, -0.15) is 0 Å². The highest BCUT2D eigenvalue weighted by atomic mass is 16.6. The van der Waals surface area contributed by atoms with E-state index in [-0.39, 0.29) is 18.9 Å². The number of nitrogens with zero attached hydrogens (tertiary/aromatic N) is 1. The first-order chi connectivity index (χ1) is 14.1. The van der Waals surface area contributed by atoms with E-state index in [0.717, 1.165) is 22.3 Å². The summed E-state index contributed by atoms with van der Waals surface area (Å²) in [5.74, 6) is -0.0298. The summed E-state index contributed by atoms with van der Waals surface area (Å²) in [6.45, 7) is 10.0. The summed E-state index contributed by atoms with van der Waals surface area (Å²) >= 11 is 0. The highest BCUT2D eigenvalue weighted by Crippen LogP contribution is 2.24. The maximum absolute atomic E-state index is 13.2. The van der Waals surface area contributed by atoms with Gasteiger partial charge in [0.1, 0.15) is 5.60 Å². The molecule has 2 aromatic carbocycles. The Morgan fingerprint density at radius 1 is 0.900 bits per heavy atom. The molecule has 0 N–H and O–H groups in total. The van der Waals surface area contributed by atoms with Crippen molar-refractivity contribution in [3.05, 3.63) is 81.9 Å². The number of carbonyl (C=O) groups is 2. The summed E-state index contributed by atoms with van der Waals surface area (Å²) in [6, 6.07) is 15.9. The van der Waals surface area contributed by atoms with E-state index in [1.165, 1.54) is 0 Å². The number of aryl methyl sites for hydroxylation is 2. The largest absolute Gasteiger partial charge is 0.444 e. The molecule has 0 saturated carbocycles. The Bertz CT molecular complexity index is 957. The number of Topliss-reactive ketones (excluding diaryl/α,β-unsaturated/α-hetero) is 1. The second-order valence-corrected chi connectivity index (χ2v) is 8.83. The third-order valence-electron chi connectivity index (χ3n) is 4.72. The van der Waals surface area contributed by atoms with Crippen LogP contribution in [0.5, 0.6) is 0 Å². The molecule has 0 radical (unpaired) electrons. The quantitative estimate of drug-likeness (QED) is 0.614. The lowest BCUT2D eigenvalue weighted by atomic mass is 9.94. The standard InChI is InChI=1S/C26H29NO3/c1-18-8-6-10-20(12-18)14-22-16-27(25(29)30-26(3,4)5)17-23(24(22)28)15-21-11-7-9-19(2)13-21/h6-15H,16-17H2,1-5H3/b22-14+,23-15+. The molecule has 0 unspecified atom stereocenters. The van der Waals surface area contributed by atoms with Crippen molar-refractivity contribution >= 4 is 24.0 Å². The van der Waals surface area contributed by atoms with Crippen molar-refractivity contribution in [2.45, 2.75) is 40.2 Å². The Kier molecular flexibility index (Phi) is 6.25. The zero-order valence-corrected chi connectivity index (χ0v) is 18.4. The number of amides is 1. The van der Waals surface area contributed by atoms with Crippen LogP contribution < -0.4 is 0 Å². The van der Waals surface area contributed by atoms with E-state index < -0.39 is 11.7 Å². The lowest BCUT2D eigenvalue weighted by molar-refractivity contribution is -0.113. The molecule has 0 aliphatic carbocycles. The predicted molar refractivity (Wildman–Crippen MR) is 121 cm³/mol. The van der Waals surface area contributed by atoms with Gasteiger partial charge in [-0.05, 0) is 57.9 Å². The van der Waals surface area contributed by atoms with E-state index >= 15 is 0 Å². The van der Waals surface area contributed by atoms with Crippen molar-refractivity contribution in [2.24, 2.45) is 0 Å². The second-order valence-electron chi connectivity index (χ2n) is 8.83. The first-order valence-corrected chi connectivity index (χ1v) is 10.2. The Labute approximate surface area is 178 Å². The van der Waals surface area contributed by atoms with Gasteiger partial charge in [0, 0.05) is 11.1 Å². The van der Waals surface area contributed by atoms with E-state index in [1.54, 1.807) is 4.90 Å². The molecule has 4 heteroatoms. The molecule has 1 heterocycles. The van der Waals surface area contributed by atoms with Gasteiger partial charge in [0.05, 0.1) is 13.1 Å². The first-order valence-electron chi connectivity index (χ1n) is 10.2. The summed E-state index contributed by atoms with van der Waals surface area (Å²) in [7, 11) is 0. The van der Waals surface area contributed by atoms with Crippen LogP contribution in [0.4, 0.5) is 4.79 Å². The van der Waals surface area contributed by atoms with Crippen molar-refractivity contribution in [1.82, 2.24) is 4.90 Å². The van der Waals surface area contributed by atoms with Gasteiger partial charge in [-0.1, -0.05) is 59.7 Å². The van der Waals surface area contributed by atoms with Crippen LogP contribution in [0.3, 0.4) is 0 Å². The summed E-state index contributed by atoms with van der Waals surface area (Å²) < 4.78 is 5.57. The summed E-state index contributed by atoms with van der Waals surface area (Å²) in [6.07, 6.45) is 3.33. The van der Waals surface area contributed by atoms with Crippen LogP contribution in [0.2, 0.25) is 0 Å². The van der Waals surface area contributed by atoms with Gasteiger partial charge in [-0.25, -0.2) is 4.79 Å². The van der Waals surface area contributed by atoms with Gasteiger partial charge in [-0.3, -0.25) is 9.69 Å². The molecule has 1 saturated heterocycles. The van der Waals surface area contributed by atoms with Crippen LogP contribution in [0.15, 0.2) is 59.7 Å². The number of benzene rings is 2. The molecule has 1 aliphatic rings. The van der Waals surface area contributed by atoms with Gasteiger partial charge in [0.25, 0.3) is 0 Å². The minimum Gasteiger partial charge on any atom is -0.444 e. The average Bonchev–Trinajstić information content (AvgIpc) is 2.63. The molecule has 2 aromatic rings. The lowest BCUT2D eigenvalue weighted by Gasteiger charge is -2.32. The van der Waals surface area contributed by atoms with E-state index in [9.17, 15) is 9.59 Å². The summed E-state index contributed by atoms with van der Waals surface area (Å²) in [5, 5.41) is 0. The van der Waals surface area contributed by atoms with Gasteiger partial charge in [0.15, 0.2) is 5.78 Å². The van der Waals surface area contributed by atoms with Gasteiger partial charge < -0.3 is 4.74 Å². The smallest absolute Gasteiger partial charge is 0.410 e. The minimum atomic E-state index is -0.598. The SMILES string of the molecule is Cc1cccc(/C=C2\CN(C(=O)OC(C)(C)C)C/C(=C\c3cccc(C)c3)C2=O)c1. The lowest BCUT2D eigenvalue weighted by Crippen LogP contribution is -2.44. The normalized spacial score (nSPS) is 17.5. The third-order valence-corrected chi connectivity index (χ3v) is 4.72. The van der Waals surface area contributed by atoms with Crippen molar-refractivity contribution < 1.29 is 14.3 Å². The molecule has 156 valence electrons. The van der Waals surface area contributed by atoms with Crippen LogP contribution in [0, 0.1) is 13.8 Å². The molecule has 30 heavy (non-hydrogen) atoms. The monoisotopic (exact) mass is 403 g/mol. The molecule has 0 aromatic heterocycles. The van der Waals surface area contributed by atoms with Crippen LogP contribution in [-0.4, -0.2) is 35.5 Å². The molecular weight excluding hydrogens is 374 g/mol. The number of piperidine rings is 1. The number of hydrogen-bond acceptors (Lipinski definition) is 3. The zero-order chi connectivity index (χ0) is 21.9. The van der Waals surface area contributed by atoms with Crippen molar-refractivity contribution in [3.63, 3.8) is 0 Å². The zero-order valence-electron chi connectivity index (χ0n) is 18.4. The van der Waals surface area contributed by atoms with E-state index in [1.807, 2.05) is 95.3 Å². The molecule has 4 nitrogen and oxygen atoms in total. The fraction of sp³-hybridized carbons (Fsp3) is 0.308. The maximum Gasteiger partial charge on any atom is 0.410 e. The Morgan fingerprint density at radius 3 is 1.77 bits per heavy atom. The molecular formula is C26H29NO3. The summed E-state index contributed by atoms with van der Waals surface area (Å²) in [5.41, 5.74) is 4.69. The highest BCUT2D eigenvalue weighted by molar-refractivity contribution is 6.15. The Balaban J connectivity index is 1.99. The number of hydrogen-bond donors (Lipinski definition) is 0. The molecule has 1 amide bonds. The third kappa shape index (κ3) is 5.69. The molecule has 0 spiro atoms. The van der Waals surface area contributed by atoms with Crippen LogP contribution in [-0.2, 0) is 9.53 Å². The first kappa shape index (κ1) is 21.6. The number of carbonyl (C=O) groups excluding carboxylic acids is 2. The van der Waals surface area contributed by atoms with Crippen LogP contribution in [0.1, 0.15) is 43.0 Å². The molecule has 3 rings (SSSR count). The molecule has 0 atom stereocenters. The van der Waals surface area contributed by atoms with E-state index in [2.05, 4.69) is 0 Å². The fourth-order valence-electron chi connectivity index (χ4n) is 3.42. The van der Waals surface area contributed by atoms with E-state index in [4.69, 9.17) is 4.74 Å². The van der Waals surface area contributed by atoms with Crippen molar-refractivity contribution in [3.8, 4) is 0 Å². The molecule has 1 aliphatic heterocycles. The maximum atomic E-state index is 13.2. The van der Waals surface area contributed by atoms with Crippen LogP contribution in [0.25, 0.3) is 12.2 Å². The molecule has 0 bridgehead atoms.